The van der Waals surface area contributed by atoms with Gasteiger partial charge in [0.25, 0.3) is 0 Å². The summed E-state index contributed by atoms with van der Waals surface area (Å²) >= 11 is 3.54. The average Bonchev–Trinajstić information content (AvgIpc) is 2.38. The van der Waals surface area contributed by atoms with Gasteiger partial charge in [0.2, 0.25) is 11.8 Å². The van der Waals surface area contributed by atoms with E-state index in [1.54, 1.807) is 0 Å². The number of aromatic nitrogens is 2. The standard InChI is InChI=1S/C15H24BrN3O/c1-11(2)20-14-9-12(3)17-15(18-14)19-8-4-5-13(10-19)6-7-16/h9,11,13H,4-8,10H2,1-3H3. The van der Waals surface area contributed by atoms with Crippen LogP contribution < -0.4 is 9.64 Å². The van der Waals surface area contributed by atoms with Crippen molar-refractivity contribution in [2.75, 3.05) is 23.3 Å². The van der Waals surface area contributed by atoms with Crippen molar-refractivity contribution in [3.8, 4) is 5.88 Å². The number of anilines is 1. The van der Waals surface area contributed by atoms with E-state index in [0.717, 1.165) is 36.0 Å². The zero-order chi connectivity index (χ0) is 14.5. The predicted molar refractivity (Wildman–Crippen MR) is 85.9 cm³/mol. The SMILES string of the molecule is Cc1cc(OC(C)C)nc(N2CCCC(CCBr)C2)n1. The van der Waals surface area contributed by atoms with Crippen molar-refractivity contribution < 1.29 is 4.74 Å². The van der Waals surface area contributed by atoms with Gasteiger partial charge in [-0.1, -0.05) is 15.9 Å². The first-order chi connectivity index (χ1) is 9.58. The summed E-state index contributed by atoms with van der Waals surface area (Å²) in [7, 11) is 0. The number of ether oxygens (including phenoxy) is 1. The maximum atomic E-state index is 5.72. The summed E-state index contributed by atoms with van der Waals surface area (Å²) in [4.78, 5) is 11.5. The van der Waals surface area contributed by atoms with Crippen LogP contribution in [0.5, 0.6) is 5.88 Å². The molecule has 4 nitrogen and oxygen atoms in total. The number of aryl methyl sites for hydroxylation is 1. The Kier molecular flexibility index (Phi) is 5.64. The zero-order valence-electron chi connectivity index (χ0n) is 12.6. The van der Waals surface area contributed by atoms with Gasteiger partial charge in [0.1, 0.15) is 0 Å². The smallest absolute Gasteiger partial charge is 0.228 e. The van der Waals surface area contributed by atoms with Gasteiger partial charge < -0.3 is 9.64 Å². The summed E-state index contributed by atoms with van der Waals surface area (Å²) in [6, 6.07) is 1.91. The average molecular weight is 342 g/mol. The summed E-state index contributed by atoms with van der Waals surface area (Å²) in [6.07, 6.45) is 3.88. The van der Waals surface area contributed by atoms with E-state index in [-0.39, 0.29) is 6.10 Å². The number of hydrogen-bond donors (Lipinski definition) is 0. The number of alkyl halides is 1. The molecule has 0 N–H and O–H groups in total. The van der Waals surface area contributed by atoms with Gasteiger partial charge in [-0.25, -0.2) is 4.98 Å². The molecule has 0 aromatic carbocycles. The molecule has 0 amide bonds. The number of piperidine rings is 1. The van der Waals surface area contributed by atoms with Crippen molar-refractivity contribution in [3.05, 3.63) is 11.8 Å². The van der Waals surface area contributed by atoms with Crippen molar-refractivity contribution in [2.45, 2.75) is 46.1 Å². The van der Waals surface area contributed by atoms with Crippen LogP contribution in [0.1, 0.15) is 38.8 Å². The summed E-state index contributed by atoms with van der Waals surface area (Å²) in [5, 5.41) is 1.07. The van der Waals surface area contributed by atoms with Crippen LogP contribution in [0, 0.1) is 12.8 Å². The van der Waals surface area contributed by atoms with Crippen LogP contribution in [0.15, 0.2) is 6.07 Å². The van der Waals surface area contributed by atoms with Crippen molar-refractivity contribution in [1.82, 2.24) is 9.97 Å². The summed E-state index contributed by atoms with van der Waals surface area (Å²) in [6.45, 7) is 8.13. The zero-order valence-corrected chi connectivity index (χ0v) is 14.2. The molecular weight excluding hydrogens is 318 g/mol. The molecule has 2 rings (SSSR count). The van der Waals surface area contributed by atoms with Crippen LogP contribution >= 0.6 is 15.9 Å². The maximum absolute atomic E-state index is 5.72. The molecule has 0 bridgehead atoms. The lowest BCUT2D eigenvalue weighted by atomic mass is 9.96. The molecule has 0 spiro atoms. The van der Waals surface area contributed by atoms with Crippen LogP contribution in [0.4, 0.5) is 5.95 Å². The molecule has 1 aliphatic rings. The fraction of sp³-hybridized carbons (Fsp3) is 0.733. The molecule has 1 atom stereocenters. The first kappa shape index (κ1) is 15.5. The first-order valence-corrected chi connectivity index (χ1v) is 8.54. The van der Waals surface area contributed by atoms with Crippen LogP contribution in [-0.2, 0) is 0 Å². The Morgan fingerprint density at radius 1 is 1.45 bits per heavy atom. The Morgan fingerprint density at radius 2 is 2.25 bits per heavy atom. The molecular formula is C15H24BrN3O. The number of hydrogen-bond acceptors (Lipinski definition) is 4. The summed E-state index contributed by atoms with van der Waals surface area (Å²) in [5.41, 5.74) is 0.966. The minimum atomic E-state index is 0.139. The Morgan fingerprint density at radius 3 is 2.95 bits per heavy atom. The lowest BCUT2D eigenvalue weighted by Crippen LogP contribution is -2.36. The molecule has 0 saturated carbocycles. The number of halogens is 1. The first-order valence-electron chi connectivity index (χ1n) is 7.41. The minimum Gasteiger partial charge on any atom is -0.475 e. The highest BCUT2D eigenvalue weighted by Gasteiger charge is 2.22. The van der Waals surface area contributed by atoms with Crippen molar-refractivity contribution in [1.29, 1.82) is 0 Å². The largest absolute Gasteiger partial charge is 0.475 e. The van der Waals surface area contributed by atoms with E-state index >= 15 is 0 Å². The molecule has 2 heterocycles. The minimum absolute atomic E-state index is 0.139. The third kappa shape index (κ3) is 4.33. The predicted octanol–water partition coefficient (Wildman–Crippen LogP) is 3.57. The van der Waals surface area contributed by atoms with Gasteiger partial charge >= 0.3 is 0 Å². The molecule has 112 valence electrons. The fourth-order valence-corrected chi connectivity index (χ4v) is 3.25. The fourth-order valence-electron chi connectivity index (χ4n) is 2.60. The van der Waals surface area contributed by atoms with E-state index < -0.39 is 0 Å². The molecule has 1 aromatic rings. The van der Waals surface area contributed by atoms with E-state index in [4.69, 9.17) is 4.74 Å². The Bertz CT molecular complexity index is 437. The van der Waals surface area contributed by atoms with Crippen molar-refractivity contribution in [3.63, 3.8) is 0 Å². The van der Waals surface area contributed by atoms with Gasteiger partial charge in [-0.05, 0) is 46.0 Å². The van der Waals surface area contributed by atoms with Gasteiger partial charge in [0.15, 0.2) is 0 Å². The molecule has 0 radical (unpaired) electrons. The molecule has 0 aliphatic carbocycles. The monoisotopic (exact) mass is 341 g/mol. The second-order valence-corrected chi connectivity index (χ2v) is 6.54. The van der Waals surface area contributed by atoms with Crippen LogP contribution in [-0.4, -0.2) is 34.5 Å². The summed E-state index contributed by atoms with van der Waals surface area (Å²) < 4.78 is 5.72. The summed E-state index contributed by atoms with van der Waals surface area (Å²) in [5.74, 6) is 2.24. The third-order valence-electron chi connectivity index (χ3n) is 3.49. The molecule has 1 aliphatic heterocycles. The van der Waals surface area contributed by atoms with E-state index in [1.165, 1.54) is 19.3 Å². The van der Waals surface area contributed by atoms with Crippen LogP contribution in [0.25, 0.3) is 0 Å². The Hall–Kier alpha value is -0.840. The van der Waals surface area contributed by atoms with Gasteiger partial charge in [0, 0.05) is 30.2 Å². The van der Waals surface area contributed by atoms with Gasteiger partial charge in [-0.15, -0.1) is 0 Å². The third-order valence-corrected chi connectivity index (χ3v) is 3.95. The lowest BCUT2D eigenvalue weighted by Gasteiger charge is -2.32. The van der Waals surface area contributed by atoms with E-state index in [9.17, 15) is 0 Å². The Balaban J connectivity index is 2.12. The molecule has 1 saturated heterocycles. The van der Waals surface area contributed by atoms with Crippen molar-refractivity contribution in [2.24, 2.45) is 5.92 Å². The van der Waals surface area contributed by atoms with Gasteiger partial charge in [-0.3, -0.25) is 0 Å². The van der Waals surface area contributed by atoms with E-state index in [1.807, 2.05) is 26.8 Å². The quantitative estimate of drug-likeness (QED) is 0.767. The van der Waals surface area contributed by atoms with Crippen LogP contribution in [0.2, 0.25) is 0 Å². The Labute approximate surface area is 130 Å². The second kappa shape index (κ2) is 7.25. The highest BCUT2D eigenvalue weighted by molar-refractivity contribution is 9.09. The number of rotatable bonds is 5. The highest BCUT2D eigenvalue weighted by Crippen LogP contribution is 2.25. The molecule has 1 fully saturated rings. The van der Waals surface area contributed by atoms with E-state index in [2.05, 4.69) is 30.8 Å². The van der Waals surface area contributed by atoms with Gasteiger partial charge in [0.05, 0.1) is 6.10 Å². The second-order valence-electron chi connectivity index (χ2n) is 5.75. The topological polar surface area (TPSA) is 38.2 Å². The highest BCUT2D eigenvalue weighted by atomic mass is 79.9. The molecule has 1 aromatic heterocycles. The number of nitrogens with zero attached hydrogens (tertiary/aromatic N) is 3. The normalized spacial score (nSPS) is 19.4. The van der Waals surface area contributed by atoms with Crippen LogP contribution in [0.3, 0.4) is 0 Å². The van der Waals surface area contributed by atoms with Crippen molar-refractivity contribution >= 4 is 21.9 Å². The molecule has 1 unspecified atom stereocenters. The molecule has 20 heavy (non-hydrogen) atoms. The van der Waals surface area contributed by atoms with Gasteiger partial charge in [-0.2, -0.15) is 4.98 Å². The maximum Gasteiger partial charge on any atom is 0.228 e. The van der Waals surface area contributed by atoms with E-state index in [0.29, 0.717) is 5.88 Å². The molecule has 5 heteroatoms. The lowest BCUT2D eigenvalue weighted by molar-refractivity contribution is 0.232.